The van der Waals surface area contributed by atoms with E-state index in [9.17, 15) is 10.1 Å². The van der Waals surface area contributed by atoms with E-state index in [-0.39, 0.29) is 22.7 Å². The Morgan fingerprint density at radius 3 is 2.73 bits per heavy atom. The maximum absolute atomic E-state index is 12.4. The van der Waals surface area contributed by atoms with Gasteiger partial charge in [-0.1, -0.05) is 11.8 Å². The lowest BCUT2D eigenvalue weighted by molar-refractivity contribution is -0.789. The number of carbonyl (C=O) groups excluding carboxylic acids is 1. The minimum Gasteiger partial charge on any atom is -0.333 e. The van der Waals surface area contributed by atoms with Crippen LogP contribution in [0.25, 0.3) is 0 Å². The summed E-state index contributed by atoms with van der Waals surface area (Å²) in [6.07, 6.45) is 4.11. The summed E-state index contributed by atoms with van der Waals surface area (Å²) in [6, 6.07) is 4.04. The highest BCUT2D eigenvalue weighted by molar-refractivity contribution is 7.99. The molecule has 1 amide bonds. The number of quaternary nitrogens is 1. The molecule has 0 unspecified atom stereocenters. The zero-order valence-electron chi connectivity index (χ0n) is 15.3. The summed E-state index contributed by atoms with van der Waals surface area (Å²) >= 11 is 2.79. The third kappa shape index (κ3) is 3.90. The fourth-order valence-corrected chi connectivity index (χ4v) is 5.42. The molecule has 0 aliphatic carbocycles. The normalized spacial score (nSPS) is 17.2. The van der Waals surface area contributed by atoms with Crippen LogP contribution >= 0.6 is 23.1 Å². The second-order valence-electron chi connectivity index (χ2n) is 7.63. The number of nitriles is 1. The number of nitrogens with one attached hydrogen (secondary N) is 1. The Hall–Kier alpha value is -1.95. The van der Waals surface area contributed by atoms with Crippen molar-refractivity contribution in [3.63, 3.8) is 0 Å². The monoisotopic (exact) mass is 388 g/mol. The molecule has 6 nitrogen and oxygen atoms in total. The number of amides is 1. The zero-order chi connectivity index (χ0) is 18.9. The molecule has 1 aliphatic heterocycles. The minimum absolute atomic E-state index is 0.0188. The largest absolute Gasteiger partial charge is 0.333 e. The van der Waals surface area contributed by atoms with Gasteiger partial charge in [-0.25, -0.2) is 9.97 Å². The molecule has 0 radical (unpaired) electrons. The highest BCUT2D eigenvalue weighted by atomic mass is 32.2. The third-order valence-electron chi connectivity index (χ3n) is 4.22. The van der Waals surface area contributed by atoms with Crippen molar-refractivity contribution in [3.8, 4) is 6.07 Å². The highest BCUT2D eigenvalue weighted by Crippen LogP contribution is 2.41. The van der Waals surface area contributed by atoms with Gasteiger partial charge < -0.3 is 10.6 Å². The molecule has 3 rings (SSSR count). The quantitative estimate of drug-likeness (QED) is 0.619. The van der Waals surface area contributed by atoms with Gasteiger partial charge in [0.2, 0.25) is 5.91 Å². The average Bonchev–Trinajstić information content (AvgIpc) is 2.90. The van der Waals surface area contributed by atoms with E-state index in [0.29, 0.717) is 15.7 Å². The Morgan fingerprint density at radius 1 is 1.38 bits per heavy atom. The maximum atomic E-state index is 12.4. The summed E-state index contributed by atoms with van der Waals surface area (Å²) in [6.45, 7) is 8.70. The van der Waals surface area contributed by atoms with E-state index in [1.54, 1.807) is 18.5 Å². The van der Waals surface area contributed by atoms with Gasteiger partial charge in [0.15, 0.2) is 5.16 Å². The van der Waals surface area contributed by atoms with E-state index in [1.165, 1.54) is 28.0 Å². The fourth-order valence-electron chi connectivity index (χ4n) is 3.56. The lowest BCUT2D eigenvalue weighted by Gasteiger charge is -2.38. The second kappa shape index (κ2) is 6.99. The van der Waals surface area contributed by atoms with Crippen molar-refractivity contribution in [2.45, 2.75) is 50.4 Å². The molecule has 1 aliphatic rings. The van der Waals surface area contributed by atoms with Crippen LogP contribution < -0.4 is 10.6 Å². The van der Waals surface area contributed by atoms with Gasteiger partial charge in [0.05, 0.1) is 21.7 Å². The van der Waals surface area contributed by atoms with Crippen molar-refractivity contribution in [2.24, 2.45) is 0 Å². The van der Waals surface area contributed by atoms with Gasteiger partial charge in [0, 0.05) is 18.8 Å². The van der Waals surface area contributed by atoms with E-state index in [4.69, 9.17) is 0 Å². The van der Waals surface area contributed by atoms with Crippen LogP contribution in [0.2, 0.25) is 0 Å². The minimum atomic E-state index is -0.154. The topological polar surface area (TPSA) is 95.3 Å². The summed E-state index contributed by atoms with van der Waals surface area (Å²) in [5.74, 6) is 0.0527. The third-order valence-corrected chi connectivity index (χ3v) is 6.58. The molecule has 0 bridgehead atoms. The van der Waals surface area contributed by atoms with Crippen molar-refractivity contribution >= 4 is 34.0 Å². The molecule has 3 N–H and O–H groups in total. The second-order valence-corrected chi connectivity index (χ2v) is 9.59. The molecule has 0 fully saturated rings. The molecule has 0 saturated heterocycles. The van der Waals surface area contributed by atoms with Crippen LogP contribution in [0.3, 0.4) is 0 Å². The van der Waals surface area contributed by atoms with Gasteiger partial charge >= 0.3 is 0 Å². The molecule has 3 heterocycles. The van der Waals surface area contributed by atoms with Gasteiger partial charge in [-0.05, 0) is 39.3 Å². The smallest absolute Gasteiger partial charge is 0.235 e. The Labute approximate surface area is 161 Å². The Bertz CT molecular complexity index is 868. The summed E-state index contributed by atoms with van der Waals surface area (Å²) in [5.41, 5.74) is 1.58. The number of thiophene rings is 1. The Balaban J connectivity index is 1.80. The van der Waals surface area contributed by atoms with E-state index >= 15 is 0 Å². The van der Waals surface area contributed by atoms with E-state index in [2.05, 4.69) is 54.4 Å². The number of rotatable bonds is 4. The van der Waals surface area contributed by atoms with Gasteiger partial charge in [0.25, 0.3) is 0 Å². The molecule has 0 atom stereocenters. The molecule has 136 valence electrons. The van der Waals surface area contributed by atoms with Crippen LogP contribution in [0.1, 0.15) is 43.7 Å². The molecule has 26 heavy (non-hydrogen) atoms. The summed E-state index contributed by atoms with van der Waals surface area (Å²) in [7, 11) is 0. The first kappa shape index (κ1) is 18.8. The lowest BCUT2D eigenvalue weighted by Crippen LogP contribution is -3.03. The first-order valence-electron chi connectivity index (χ1n) is 8.35. The van der Waals surface area contributed by atoms with Gasteiger partial charge in [-0.15, -0.1) is 11.3 Å². The molecule has 8 heteroatoms. The van der Waals surface area contributed by atoms with Crippen LogP contribution in [0.4, 0.5) is 5.00 Å². The van der Waals surface area contributed by atoms with E-state index in [0.717, 1.165) is 12.0 Å². The molecule has 2 aromatic heterocycles. The summed E-state index contributed by atoms with van der Waals surface area (Å²) in [5, 5.41) is 16.2. The predicted molar refractivity (Wildman–Crippen MR) is 103 cm³/mol. The average molecular weight is 389 g/mol. The van der Waals surface area contributed by atoms with Crippen LogP contribution in [0, 0.1) is 11.3 Å². The van der Waals surface area contributed by atoms with Gasteiger partial charge in [-0.2, -0.15) is 5.26 Å². The number of hydrogen-bond donors (Lipinski definition) is 2. The van der Waals surface area contributed by atoms with Crippen LogP contribution in [-0.2, 0) is 16.8 Å². The maximum Gasteiger partial charge on any atom is 0.235 e. The number of fused-ring (bicyclic) bond motifs is 1. The zero-order valence-corrected chi connectivity index (χ0v) is 16.9. The SMILES string of the molecule is CC1(C)Cc2c(sc(NC(=O)CSc3ncccn3)c2C#N)C(C)(C)[NH2+]1. The van der Waals surface area contributed by atoms with E-state index in [1.807, 2.05) is 0 Å². The van der Waals surface area contributed by atoms with E-state index < -0.39 is 0 Å². The Kier molecular flexibility index (Phi) is 5.06. The molecular weight excluding hydrogens is 366 g/mol. The first-order valence-corrected chi connectivity index (χ1v) is 10.1. The van der Waals surface area contributed by atoms with Crippen LogP contribution in [-0.4, -0.2) is 27.2 Å². The number of carbonyl (C=O) groups is 1. The predicted octanol–water partition coefficient (Wildman–Crippen LogP) is 2.27. The Morgan fingerprint density at radius 2 is 2.08 bits per heavy atom. The fraction of sp³-hybridized carbons (Fsp3) is 0.444. The molecule has 0 spiro atoms. The number of hydrogen-bond acceptors (Lipinski definition) is 6. The number of anilines is 1. The number of nitrogens with two attached hydrogens (primary N) is 1. The van der Waals surface area contributed by atoms with Gasteiger partial charge in [-0.3, -0.25) is 4.79 Å². The lowest BCUT2D eigenvalue weighted by atomic mass is 9.81. The molecular formula is C18H22N5OS2+. The standard InChI is InChI=1S/C18H21N5OS2/c1-17(2)8-11-12(9-19)15(26-14(11)18(3,4)23-17)22-13(24)10-25-16-20-6-5-7-21-16/h5-7,23H,8,10H2,1-4H3,(H,22,24)/p+1. The van der Waals surface area contributed by atoms with Crippen molar-refractivity contribution in [1.82, 2.24) is 9.97 Å². The number of aromatic nitrogens is 2. The van der Waals surface area contributed by atoms with Crippen molar-refractivity contribution in [2.75, 3.05) is 11.1 Å². The summed E-state index contributed by atoms with van der Waals surface area (Å²) in [4.78, 5) is 21.7. The molecule has 0 saturated carbocycles. The van der Waals surface area contributed by atoms with Crippen molar-refractivity contribution in [3.05, 3.63) is 34.5 Å². The van der Waals surface area contributed by atoms with Crippen molar-refractivity contribution in [1.29, 1.82) is 5.26 Å². The molecule has 2 aromatic rings. The van der Waals surface area contributed by atoms with Crippen LogP contribution in [0.5, 0.6) is 0 Å². The molecule has 0 aromatic carbocycles. The number of thioether (sulfide) groups is 1. The first-order chi connectivity index (χ1) is 12.2. The van der Waals surface area contributed by atoms with Crippen molar-refractivity contribution < 1.29 is 10.1 Å². The summed E-state index contributed by atoms with van der Waals surface area (Å²) < 4.78 is 0. The van der Waals surface area contributed by atoms with Crippen LogP contribution in [0.15, 0.2) is 23.6 Å². The number of nitrogens with zero attached hydrogens (tertiary/aromatic N) is 3. The van der Waals surface area contributed by atoms with Gasteiger partial charge in [0.1, 0.15) is 16.6 Å². The highest BCUT2D eigenvalue weighted by Gasteiger charge is 2.44.